The van der Waals surface area contributed by atoms with Crippen LogP contribution in [-0.2, 0) is 16.4 Å². The molecule has 3 aromatic rings. The third-order valence-electron chi connectivity index (χ3n) is 4.97. The van der Waals surface area contributed by atoms with E-state index in [1.165, 1.54) is 11.5 Å². The van der Waals surface area contributed by atoms with Crippen molar-refractivity contribution in [2.24, 2.45) is 0 Å². The molecular formula is C20H20F3N3O4S. The Labute approximate surface area is 176 Å². The lowest BCUT2D eigenvalue weighted by Crippen LogP contribution is -2.25. The van der Waals surface area contributed by atoms with Gasteiger partial charge in [-0.15, -0.1) is 0 Å². The molecular weight excluding hydrogens is 435 g/mol. The fraction of sp³-hybridized carbons (Fsp3) is 0.300. The van der Waals surface area contributed by atoms with Gasteiger partial charge < -0.3 is 5.11 Å². The van der Waals surface area contributed by atoms with Crippen LogP contribution in [0.4, 0.5) is 13.2 Å². The van der Waals surface area contributed by atoms with E-state index in [1.807, 2.05) is 13.8 Å². The molecule has 2 heterocycles. The largest absolute Gasteiger partial charge is 0.501 e. The fourth-order valence-corrected chi connectivity index (χ4v) is 4.00. The first-order valence-electron chi connectivity index (χ1n) is 9.22. The number of nitrogens with zero attached hydrogens (tertiary/aromatic N) is 3. The van der Waals surface area contributed by atoms with E-state index in [9.17, 15) is 31.5 Å². The molecule has 7 nitrogen and oxygen atoms in total. The average Bonchev–Trinajstić information content (AvgIpc) is 2.91. The third kappa shape index (κ3) is 3.97. The molecule has 0 unspecified atom stereocenters. The highest BCUT2D eigenvalue weighted by atomic mass is 32.2. The highest BCUT2D eigenvalue weighted by Crippen LogP contribution is 2.31. The van der Waals surface area contributed by atoms with Gasteiger partial charge in [-0.3, -0.25) is 9.55 Å². The monoisotopic (exact) mass is 455 g/mol. The van der Waals surface area contributed by atoms with E-state index in [-0.39, 0.29) is 23.8 Å². The Balaban J connectivity index is 2.05. The van der Waals surface area contributed by atoms with Gasteiger partial charge in [0.1, 0.15) is 0 Å². The number of alkyl halides is 3. The lowest BCUT2D eigenvalue weighted by atomic mass is 10.00. The molecule has 0 fully saturated rings. The van der Waals surface area contributed by atoms with Crippen LogP contribution >= 0.6 is 0 Å². The minimum absolute atomic E-state index is 0.0317. The molecule has 11 heteroatoms. The number of hydrogen-bond donors (Lipinski definition) is 1. The van der Waals surface area contributed by atoms with Gasteiger partial charge in [-0.1, -0.05) is 13.8 Å². The summed E-state index contributed by atoms with van der Waals surface area (Å²) >= 11 is 0. The van der Waals surface area contributed by atoms with Gasteiger partial charge in [-0.2, -0.15) is 13.2 Å². The zero-order valence-corrected chi connectivity index (χ0v) is 17.7. The van der Waals surface area contributed by atoms with Crippen molar-refractivity contribution in [1.82, 2.24) is 14.1 Å². The van der Waals surface area contributed by atoms with E-state index >= 15 is 0 Å². The zero-order valence-electron chi connectivity index (χ0n) is 16.9. The highest BCUT2D eigenvalue weighted by molar-refractivity contribution is 7.92. The number of aromatic hydroxyl groups is 1. The first kappa shape index (κ1) is 22.6. The SMILES string of the molecule is Cc1c(O)n(-c2ccc(S(=O)(=O)C(F)(F)F)cc2)c(=O)n1Cc1ccncc1C(C)C. The summed E-state index contributed by atoms with van der Waals surface area (Å²) < 4.78 is 63.5. The average molecular weight is 455 g/mol. The lowest BCUT2D eigenvalue weighted by molar-refractivity contribution is -0.0436. The van der Waals surface area contributed by atoms with Crippen molar-refractivity contribution in [3.8, 4) is 11.6 Å². The van der Waals surface area contributed by atoms with E-state index in [1.54, 1.807) is 18.5 Å². The molecule has 0 saturated carbocycles. The Morgan fingerprint density at radius 3 is 2.29 bits per heavy atom. The van der Waals surface area contributed by atoms with Gasteiger partial charge in [0.05, 0.1) is 22.8 Å². The Hall–Kier alpha value is -3.08. The molecule has 0 aliphatic carbocycles. The van der Waals surface area contributed by atoms with Gasteiger partial charge >= 0.3 is 11.2 Å². The molecule has 0 aliphatic rings. The Morgan fingerprint density at radius 1 is 1.13 bits per heavy atom. The Morgan fingerprint density at radius 2 is 1.74 bits per heavy atom. The van der Waals surface area contributed by atoms with E-state index in [0.29, 0.717) is 0 Å². The number of rotatable bonds is 5. The normalized spacial score (nSPS) is 12.5. The van der Waals surface area contributed by atoms with E-state index in [4.69, 9.17) is 0 Å². The summed E-state index contributed by atoms with van der Waals surface area (Å²) in [5, 5.41) is 10.5. The van der Waals surface area contributed by atoms with Crippen molar-refractivity contribution in [1.29, 1.82) is 0 Å². The molecule has 1 aromatic carbocycles. The minimum atomic E-state index is -5.51. The molecule has 0 atom stereocenters. The van der Waals surface area contributed by atoms with Crippen LogP contribution in [0.25, 0.3) is 5.69 Å². The summed E-state index contributed by atoms with van der Waals surface area (Å²) in [6.07, 6.45) is 3.30. The second-order valence-electron chi connectivity index (χ2n) is 7.29. The van der Waals surface area contributed by atoms with E-state index < -0.39 is 31.8 Å². The number of pyridine rings is 1. The maximum Gasteiger partial charge on any atom is 0.501 e. The minimum Gasteiger partial charge on any atom is -0.493 e. The number of benzene rings is 1. The van der Waals surface area contributed by atoms with Crippen LogP contribution in [0.3, 0.4) is 0 Å². The Kier molecular flexibility index (Phi) is 5.74. The second-order valence-corrected chi connectivity index (χ2v) is 9.23. The van der Waals surface area contributed by atoms with Crippen molar-refractivity contribution >= 4 is 9.84 Å². The predicted octanol–water partition coefficient (Wildman–Crippen LogP) is 3.51. The first-order chi connectivity index (χ1) is 14.4. The summed E-state index contributed by atoms with van der Waals surface area (Å²) in [4.78, 5) is 16.1. The van der Waals surface area contributed by atoms with Gasteiger partial charge in [0, 0.05) is 12.4 Å². The number of sulfone groups is 1. The summed E-state index contributed by atoms with van der Waals surface area (Å²) in [5.41, 5.74) is -4.01. The molecule has 166 valence electrons. The van der Waals surface area contributed by atoms with Crippen molar-refractivity contribution in [3.63, 3.8) is 0 Å². The van der Waals surface area contributed by atoms with Gasteiger partial charge in [0.15, 0.2) is 0 Å². The number of hydrogen-bond acceptors (Lipinski definition) is 5. The maximum atomic E-state index is 13.0. The quantitative estimate of drug-likeness (QED) is 0.636. The fourth-order valence-electron chi connectivity index (χ4n) is 3.23. The smallest absolute Gasteiger partial charge is 0.493 e. The molecule has 0 amide bonds. The van der Waals surface area contributed by atoms with Crippen molar-refractivity contribution in [3.05, 3.63) is 70.0 Å². The van der Waals surface area contributed by atoms with Crippen LogP contribution in [0.1, 0.15) is 36.6 Å². The van der Waals surface area contributed by atoms with Crippen molar-refractivity contribution < 1.29 is 26.7 Å². The second kappa shape index (κ2) is 7.88. The first-order valence-corrected chi connectivity index (χ1v) is 10.7. The van der Waals surface area contributed by atoms with Crippen LogP contribution in [0, 0.1) is 6.92 Å². The van der Waals surface area contributed by atoms with E-state index in [2.05, 4.69) is 4.98 Å². The molecule has 3 rings (SSSR count). The van der Waals surface area contributed by atoms with Gasteiger partial charge in [-0.05, 0) is 54.3 Å². The van der Waals surface area contributed by atoms with Gasteiger partial charge in [0.25, 0.3) is 9.84 Å². The summed E-state index contributed by atoms with van der Waals surface area (Å²) in [5.74, 6) is -0.241. The van der Waals surface area contributed by atoms with Crippen LogP contribution in [-0.4, -0.2) is 33.2 Å². The molecule has 0 spiro atoms. The van der Waals surface area contributed by atoms with Crippen molar-refractivity contribution in [2.75, 3.05) is 0 Å². The molecule has 2 aromatic heterocycles. The summed E-state index contributed by atoms with van der Waals surface area (Å²) in [6, 6.07) is 5.34. The van der Waals surface area contributed by atoms with Crippen LogP contribution in [0.5, 0.6) is 5.88 Å². The predicted molar refractivity (Wildman–Crippen MR) is 107 cm³/mol. The number of halogens is 3. The summed E-state index contributed by atoms with van der Waals surface area (Å²) in [7, 11) is -5.51. The number of imidazole rings is 1. The number of aromatic nitrogens is 3. The van der Waals surface area contributed by atoms with Gasteiger partial charge in [-0.25, -0.2) is 17.8 Å². The Bertz CT molecular complexity index is 1270. The van der Waals surface area contributed by atoms with Crippen molar-refractivity contribution in [2.45, 2.75) is 43.6 Å². The maximum absolute atomic E-state index is 13.0. The van der Waals surface area contributed by atoms with Crippen LogP contribution in [0.15, 0.2) is 52.4 Å². The molecule has 1 N–H and O–H groups in total. The van der Waals surface area contributed by atoms with E-state index in [0.717, 1.165) is 40.0 Å². The molecule has 0 aliphatic heterocycles. The van der Waals surface area contributed by atoms with Crippen LogP contribution < -0.4 is 5.69 Å². The zero-order chi connectivity index (χ0) is 23.1. The lowest BCUT2D eigenvalue weighted by Gasteiger charge is -2.12. The van der Waals surface area contributed by atoms with Crippen LogP contribution in [0.2, 0.25) is 0 Å². The molecule has 0 saturated heterocycles. The standard InChI is InChI=1S/C20H20F3N3O4S/c1-12(2)17-10-24-9-8-14(17)11-25-13(3)18(27)26(19(25)28)15-4-6-16(7-5-15)31(29,30)20(21,22)23/h4-10,12,27H,11H2,1-3H3. The highest BCUT2D eigenvalue weighted by Gasteiger charge is 2.46. The van der Waals surface area contributed by atoms with Gasteiger partial charge in [0.2, 0.25) is 5.88 Å². The molecule has 31 heavy (non-hydrogen) atoms. The molecule has 0 bridgehead atoms. The molecule has 0 radical (unpaired) electrons. The summed E-state index contributed by atoms with van der Waals surface area (Å²) in [6.45, 7) is 5.65. The third-order valence-corrected chi connectivity index (χ3v) is 6.47. The topological polar surface area (TPSA) is 94.2 Å².